The number of thioether (sulfide) groups is 1. The van der Waals surface area contributed by atoms with E-state index in [4.69, 9.17) is 9.47 Å². The summed E-state index contributed by atoms with van der Waals surface area (Å²) >= 11 is 0.967. The number of fused-ring (bicyclic) bond motifs is 1. The van der Waals surface area contributed by atoms with Crippen molar-refractivity contribution in [2.75, 3.05) is 19.2 Å². The summed E-state index contributed by atoms with van der Waals surface area (Å²) in [5, 5.41) is 1.86. The van der Waals surface area contributed by atoms with Gasteiger partial charge >= 0.3 is 12.1 Å². The van der Waals surface area contributed by atoms with Crippen LogP contribution in [-0.2, 0) is 27.0 Å². The minimum absolute atomic E-state index is 0.0229. The van der Waals surface area contributed by atoms with E-state index in [2.05, 4.69) is 15.0 Å². The van der Waals surface area contributed by atoms with E-state index >= 15 is 0 Å². The highest BCUT2D eigenvalue weighted by molar-refractivity contribution is 8.15. The molecule has 5 rings (SSSR count). The van der Waals surface area contributed by atoms with Crippen LogP contribution in [0.1, 0.15) is 27.9 Å². The van der Waals surface area contributed by atoms with E-state index in [9.17, 15) is 27.6 Å². The molecule has 0 saturated carbocycles. The standard InChI is InChI=1S/C28H22F3N3O6S/c1-38-26(37)17-6-8-19(9-7-17)32-25(36)23-13-24(35)34(14-16-5-10-21-22(11-16)40-15-39-21)27(41-23)33-20-4-2-3-18(12-20)28(29,30)31/h2-12,23H,13-15H2,1H3,(H,32,36)/t23-/m0/s1. The molecule has 9 nitrogen and oxygen atoms in total. The van der Waals surface area contributed by atoms with Gasteiger partial charge in [-0.25, -0.2) is 9.79 Å². The highest BCUT2D eigenvalue weighted by atomic mass is 32.2. The number of rotatable bonds is 6. The van der Waals surface area contributed by atoms with Crippen molar-refractivity contribution in [3.05, 3.63) is 83.4 Å². The van der Waals surface area contributed by atoms with Crippen molar-refractivity contribution >= 4 is 46.1 Å². The number of ether oxygens (including phenoxy) is 3. The Morgan fingerprint density at radius 3 is 2.56 bits per heavy atom. The molecule has 0 unspecified atom stereocenters. The van der Waals surface area contributed by atoms with E-state index in [0.717, 1.165) is 23.9 Å². The number of aliphatic imine (C=N–C) groups is 1. The highest BCUT2D eigenvalue weighted by Crippen LogP contribution is 2.36. The first-order chi connectivity index (χ1) is 19.6. The molecule has 2 amide bonds. The van der Waals surface area contributed by atoms with Gasteiger partial charge in [0.2, 0.25) is 18.6 Å². The number of halogens is 3. The molecule has 212 valence electrons. The molecule has 2 aliphatic rings. The van der Waals surface area contributed by atoms with Crippen molar-refractivity contribution < 1.29 is 41.8 Å². The van der Waals surface area contributed by atoms with Gasteiger partial charge in [-0.1, -0.05) is 23.9 Å². The molecule has 0 aromatic heterocycles. The van der Waals surface area contributed by atoms with Gasteiger partial charge in [0.1, 0.15) is 5.25 Å². The molecule has 41 heavy (non-hydrogen) atoms. The number of carbonyl (C=O) groups excluding carboxylic acids is 3. The Bertz CT molecular complexity index is 1530. The second kappa shape index (κ2) is 11.5. The number of benzene rings is 3. The van der Waals surface area contributed by atoms with Crippen molar-refractivity contribution in [2.24, 2.45) is 4.99 Å². The Hall–Kier alpha value is -4.52. The Kier molecular flexibility index (Phi) is 7.88. The van der Waals surface area contributed by atoms with Gasteiger partial charge in [0.15, 0.2) is 16.7 Å². The molecule has 1 atom stereocenters. The summed E-state index contributed by atoms with van der Waals surface area (Å²) < 4.78 is 55.4. The Morgan fingerprint density at radius 1 is 1.07 bits per heavy atom. The molecule has 13 heteroatoms. The van der Waals surface area contributed by atoms with Crippen molar-refractivity contribution in [1.29, 1.82) is 0 Å². The third kappa shape index (κ3) is 6.46. The van der Waals surface area contributed by atoms with Gasteiger partial charge in [0.05, 0.1) is 30.5 Å². The molecule has 1 N–H and O–H groups in total. The first-order valence-corrected chi connectivity index (χ1v) is 13.1. The lowest BCUT2D eigenvalue weighted by molar-refractivity contribution is -0.137. The molecule has 1 saturated heterocycles. The molecule has 0 aliphatic carbocycles. The van der Waals surface area contributed by atoms with Crippen LogP contribution in [0.3, 0.4) is 0 Å². The Balaban J connectivity index is 1.41. The minimum atomic E-state index is -4.58. The van der Waals surface area contributed by atoms with Crippen LogP contribution in [0.15, 0.2) is 71.7 Å². The second-order valence-corrected chi connectivity index (χ2v) is 10.1. The normalized spacial score (nSPS) is 17.5. The van der Waals surface area contributed by atoms with Crippen LogP contribution in [-0.4, -0.2) is 47.0 Å². The zero-order valence-electron chi connectivity index (χ0n) is 21.4. The molecule has 0 bridgehead atoms. The summed E-state index contributed by atoms with van der Waals surface area (Å²) in [6.07, 6.45) is -4.76. The van der Waals surface area contributed by atoms with Gasteiger partial charge in [-0.3, -0.25) is 14.5 Å². The third-order valence-electron chi connectivity index (χ3n) is 6.18. The summed E-state index contributed by atoms with van der Waals surface area (Å²) in [5.74, 6) is -0.412. The van der Waals surface area contributed by atoms with E-state index in [1.165, 1.54) is 48.4 Å². The predicted molar refractivity (Wildman–Crippen MR) is 144 cm³/mol. The maximum Gasteiger partial charge on any atom is 0.416 e. The van der Waals surface area contributed by atoms with E-state index in [0.29, 0.717) is 28.3 Å². The summed E-state index contributed by atoms with van der Waals surface area (Å²) in [6, 6.07) is 15.6. The van der Waals surface area contributed by atoms with E-state index in [-0.39, 0.29) is 30.6 Å². The maximum absolute atomic E-state index is 13.3. The largest absolute Gasteiger partial charge is 0.465 e. The SMILES string of the molecule is COC(=O)c1ccc(NC(=O)[C@@H]2CC(=O)N(Cc3ccc4c(c3)OCO4)C(=Nc3cccc(C(F)(F)F)c3)S2)cc1. The van der Waals surface area contributed by atoms with Gasteiger partial charge in [-0.15, -0.1) is 0 Å². The number of alkyl halides is 3. The van der Waals surface area contributed by atoms with Gasteiger partial charge < -0.3 is 19.5 Å². The monoisotopic (exact) mass is 585 g/mol. The average Bonchev–Trinajstić information content (AvgIpc) is 3.42. The first-order valence-electron chi connectivity index (χ1n) is 12.2. The molecule has 2 heterocycles. The molecular formula is C28H22F3N3O6S. The van der Waals surface area contributed by atoms with Crippen molar-refractivity contribution in [1.82, 2.24) is 4.90 Å². The topological polar surface area (TPSA) is 107 Å². The van der Waals surface area contributed by atoms with E-state index in [1.54, 1.807) is 18.2 Å². The van der Waals surface area contributed by atoms with Gasteiger partial charge in [0, 0.05) is 12.1 Å². The van der Waals surface area contributed by atoms with Crippen molar-refractivity contribution in [3.8, 4) is 11.5 Å². The predicted octanol–water partition coefficient (Wildman–Crippen LogP) is 5.38. The Morgan fingerprint density at radius 2 is 1.83 bits per heavy atom. The fourth-order valence-corrected chi connectivity index (χ4v) is 5.21. The number of amides is 2. The zero-order valence-corrected chi connectivity index (χ0v) is 22.3. The van der Waals surface area contributed by atoms with Gasteiger partial charge in [0.25, 0.3) is 0 Å². The fourth-order valence-electron chi connectivity index (χ4n) is 4.11. The smallest absolute Gasteiger partial charge is 0.416 e. The van der Waals surface area contributed by atoms with Crippen LogP contribution in [0.5, 0.6) is 11.5 Å². The number of nitrogens with zero attached hydrogens (tertiary/aromatic N) is 2. The van der Waals surface area contributed by atoms with E-state index in [1.807, 2.05) is 0 Å². The number of esters is 1. The van der Waals surface area contributed by atoms with Crippen LogP contribution in [0.4, 0.5) is 24.5 Å². The number of methoxy groups -OCH3 is 1. The van der Waals surface area contributed by atoms with Crippen LogP contribution in [0.25, 0.3) is 0 Å². The minimum Gasteiger partial charge on any atom is -0.465 e. The summed E-state index contributed by atoms with van der Waals surface area (Å²) in [5.41, 5.74) is 0.439. The average molecular weight is 586 g/mol. The van der Waals surface area contributed by atoms with Crippen LogP contribution < -0.4 is 14.8 Å². The van der Waals surface area contributed by atoms with Crippen LogP contribution in [0, 0.1) is 0 Å². The lowest BCUT2D eigenvalue weighted by Crippen LogP contribution is -2.44. The van der Waals surface area contributed by atoms with Gasteiger partial charge in [-0.05, 0) is 60.2 Å². The second-order valence-electron chi connectivity index (χ2n) is 8.98. The van der Waals surface area contributed by atoms with Crippen LogP contribution in [0.2, 0.25) is 0 Å². The molecule has 2 aliphatic heterocycles. The van der Waals surface area contributed by atoms with Gasteiger partial charge in [-0.2, -0.15) is 13.2 Å². The fraction of sp³-hybridized carbons (Fsp3) is 0.214. The number of amidine groups is 1. The maximum atomic E-state index is 13.3. The molecule has 0 spiro atoms. The molecule has 3 aromatic carbocycles. The molecule has 3 aromatic rings. The quantitative estimate of drug-likeness (QED) is 0.387. The lowest BCUT2D eigenvalue weighted by Gasteiger charge is -2.32. The molecule has 1 fully saturated rings. The zero-order chi connectivity index (χ0) is 29.1. The number of anilines is 1. The summed E-state index contributed by atoms with van der Waals surface area (Å²) in [4.78, 5) is 43.8. The lowest BCUT2D eigenvalue weighted by atomic mass is 10.1. The van der Waals surface area contributed by atoms with Crippen LogP contribution >= 0.6 is 11.8 Å². The molecular weight excluding hydrogens is 563 g/mol. The number of hydrogen-bond acceptors (Lipinski definition) is 8. The highest BCUT2D eigenvalue weighted by Gasteiger charge is 2.37. The first kappa shape index (κ1) is 28.0. The number of hydrogen-bond donors (Lipinski definition) is 1. The number of carbonyl (C=O) groups is 3. The third-order valence-corrected chi connectivity index (χ3v) is 7.37. The summed E-state index contributed by atoms with van der Waals surface area (Å²) in [7, 11) is 1.25. The molecule has 0 radical (unpaired) electrons. The Labute approximate surface area is 236 Å². The van der Waals surface area contributed by atoms with E-state index < -0.39 is 34.8 Å². The van der Waals surface area contributed by atoms with Crippen molar-refractivity contribution in [2.45, 2.75) is 24.4 Å². The number of nitrogens with one attached hydrogen (secondary N) is 1. The summed E-state index contributed by atoms with van der Waals surface area (Å²) in [6.45, 7) is 0.116. The van der Waals surface area contributed by atoms with Crippen molar-refractivity contribution in [3.63, 3.8) is 0 Å².